The van der Waals surface area contributed by atoms with Gasteiger partial charge < -0.3 is 14.5 Å². The van der Waals surface area contributed by atoms with E-state index in [1.165, 1.54) is 12.4 Å². The molecule has 0 saturated heterocycles. The lowest BCUT2D eigenvalue weighted by Crippen LogP contribution is -2.13. The summed E-state index contributed by atoms with van der Waals surface area (Å²) in [6, 6.07) is 5.35. The number of H-pyrrole nitrogens is 2. The van der Waals surface area contributed by atoms with Gasteiger partial charge in [0.15, 0.2) is 15.1 Å². The van der Waals surface area contributed by atoms with E-state index in [4.69, 9.17) is 4.42 Å². The summed E-state index contributed by atoms with van der Waals surface area (Å²) < 4.78 is 31.6. The van der Waals surface area contributed by atoms with Crippen molar-refractivity contribution in [3.8, 4) is 17.0 Å². The Balaban J connectivity index is 1.51. The molecule has 4 heterocycles. The second-order valence-electron chi connectivity index (χ2n) is 7.25. The molecule has 1 unspecified atom stereocenters. The van der Waals surface area contributed by atoms with Crippen LogP contribution in [0.4, 0.5) is 0 Å². The van der Waals surface area contributed by atoms with E-state index in [1.54, 1.807) is 12.1 Å². The van der Waals surface area contributed by atoms with Gasteiger partial charge in [-0.3, -0.25) is 9.78 Å². The molecule has 0 bridgehead atoms. The number of hydrogen-bond acceptors (Lipinski definition) is 12. The molecule has 0 radical (unpaired) electrons. The van der Waals surface area contributed by atoms with Gasteiger partial charge in [-0.1, -0.05) is 17.4 Å². The number of hydrogen-bond donors (Lipinski definition) is 3. The lowest BCUT2D eigenvalue weighted by molar-refractivity contribution is 0.438. The van der Waals surface area contributed by atoms with Crippen molar-refractivity contribution in [2.45, 2.75) is 11.7 Å². The van der Waals surface area contributed by atoms with Crippen LogP contribution < -0.4 is 10.6 Å². The van der Waals surface area contributed by atoms with Gasteiger partial charge in [-0.15, -0.1) is 21.5 Å². The van der Waals surface area contributed by atoms with Crippen LogP contribution in [0, 0.1) is 0 Å². The van der Waals surface area contributed by atoms with Crippen LogP contribution in [0.15, 0.2) is 44.6 Å². The van der Waals surface area contributed by atoms with Crippen LogP contribution in [-0.2, 0) is 16.3 Å². The van der Waals surface area contributed by atoms with Crippen molar-refractivity contribution in [1.82, 2.24) is 30.1 Å². The molecular formula is C19H14N6O6S3. The standard InChI is InChI=1S/C19H14N6O6S3/c1-34(29,30)14(16-25-24-13(31-16)5-12-15(26)23-19(28)33-12)17-22-10-3-2-8(4-11(10)32-17)9-6-20-18(27)21-7-9/h2-4,6-7,14,26H,5H2,1H3,(H,23,28)(H,20,21,27). The molecule has 0 saturated carbocycles. The average molecular weight is 519 g/mol. The van der Waals surface area contributed by atoms with E-state index in [9.17, 15) is 23.1 Å². The predicted octanol–water partition coefficient (Wildman–Crippen LogP) is 1.61. The van der Waals surface area contributed by atoms with E-state index in [-0.39, 0.29) is 29.1 Å². The molecule has 3 N–H and O–H groups in total. The Labute approximate surface area is 197 Å². The highest BCUT2D eigenvalue weighted by Crippen LogP contribution is 2.36. The predicted molar refractivity (Wildman–Crippen MR) is 124 cm³/mol. The van der Waals surface area contributed by atoms with Gasteiger partial charge >= 0.3 is 10.6 Å². The Kier molecular flexibility index (Phi) is 5.38. The molecule has 5 rings (SSSR count). The first-order chi connectivity index (χ1) is 16.2. The first kappa shape index (κ1) is 22.1. The van der Waals surface area contributed by atoms with Gasteiger partial charge in [-0.2, -0.15) is 0 Å². The van der Waals surface area contributed by atoms with E-state index in [2.05, 4.69) is 30.1 Å². The van der Waals surface area contributed by atoms with Crippen molar-refractivity contribution in [2.75, 3.05) is 6.26 Å². The quantitative estimate of drug-likeness (QED) is 0.298. The number of aromatic nitrogens is 6. The number of fused-ring (bicyclic) bond motifs is 1. The molecule has 0 aliphatic rings. The monoisotopic (exact) mass is 518 g/mol. The maximum absolute atomic E-state index is 12.7. The number of nitrogens with one attached hydrogen (secondary N) is 2. The normalized spacial score (nSPS) is 12.9. The van der Waals surface area contributed by atoms with Gasteiger partial charge in [-0.25, -0.2) is 23.2 Å². The van der Waals surface area contributed by atoms with Crippen LogP contribution in [0.25, 0.3) is 21.3 Å². The summed E-state index contributed by atoms with van der Waals surface area (Å²) in [6.45, 7) is 0. The van der Waals surface area contributed by atoms with Gasteiger partial charge in [0.1, 0.15) is 5.01 Å². The zero-order valence-corrected chi connectivity index (χ0v) is 19.6. The molecule has 15 heteroatoms. The Hall–Kier alpha value is -3.69. The average Bonchev–Trinajstić information content (AvgIpc) is 3.46. The van der Waals surface area contributed by atoms with E-state index >= 15 is 0 Å². The summed E-state index contributed by atoms with van der Waals surface area (Å²) in [5, 5.41) is 16.5. The van der Waals surface area contributed by atoms with Crippen molar-refractivity contribution in [2.24, 2.45) is 0 Å². The number of rotatable bonds is 6. The zero-order chi connectivity index (χ0) is 24.0. The van der Waals surface area contributed by atoms with Crippen LogP contribution in [0.5, 0.6) is 5.88 Å². The number of benzene rings is 1. The Morgan fingerprint density at radius 2 is 2.00 bits per heavy atom. The zero-order valence-electron chi connectivity index (χ0n) is 17.2. The SMILES string of the molecule is CS(=O)(=O)C(c1nnc(Cc2sc(=O)[nH]c2O)o1)c1nc2ccc(-c3cnc(=O)[nH]c3)cc2s1. The van der Waals surface area contributed by atoms with Gasteiger partial charge in [0.05, 0.1) is 21.5 Å². The van der Waals surface area contributed by atoms with Crippen LogP contribution >= 0.6 is 22.7 Å². The fraction of sp³-hybridized carbons (Fsp3) is 0.158. The van der Waals surface area contributed by atoms with Crippen molar-refractivity contribution in [3.05, 3.63) is 72.4 Å². The molecule has 34 heavy (non-hydrogen) atoms. The minimum atomic E-state index is -3.75. The minimum absolute atomic E-state index is 0.0326. The van der Waals surface area contributed by atoms with E-state index < -0.39 is 25.6 Å². The number of aromatic amines is 2. The summed E-state index contributed by atoms with van der Waals surface area (Å²) in [4.78, 5) is 35.4. The first-order valence-corrected chi connectivity index (χ1v) is 13.1. The van der Waals surface area contributed by atoms with Gasteiger partial charge in [0.25, 0.3) is 0 Å². The maximum atomic E-state index is 12.7. The number of thiazole rings is 2. The topological polar surface area (TPSA) is 185 Å². The van der Waals surface area contributed by atoms with E-state index in [0.29, 0.717) is 20.7 Å². The molecule has 0 fully saturated rings. The molecule has 12 nitrogen and oxygen atoms in total. The third-order valence-corrected chi connectivity index (χ3v) is 8.17. The Morgan fingerprint density at radius 1 is 1.18 bits per heavy atom. The van der Waals surface area contributed by atoms with Crippen molar-refractivity contribution < 1.29 is 17.9 Å². The van der Waals surface area contributed by atoms with Crippen LogP contribution in [0.3, 0.4) is 0 Å². The summed E-state index contributed by atoms with van der Waals surface area (Å²) in [5.41, 5.74) is 1.58. The first-order valence-electron chi connectivity index (χ1n) is 9.55. The second kappa shape index (κ2) is 8.27. The number of nitrogens with zero attached hydrogens (tertiary/aromatic N) is 4. The summed E-state index contributed by atoms with van der Waals surface area (Å²) in [5.74, 6) is -0.416. The van der Waals surface area contributed by atoms with Crippen molar-refractivity contribution in [3.63, 3.8) is 0 Å². The summed E-state index contributed by atoms with van der Waals surface area (Å²) in [7, 11) is -3.75. The highest BCUT2D eigenvalue weighted by Gasteiger charge is 2.34. The number of aromatic hydroxyl groups is 1. The van der Waals surface area contributed by atoms with Crippen molar-refractivity contribution >= 4 is 42.7 Å². The molecular weight excluding hydrogens is 504 g/mol. The van der Waals surface area contributed by atoms with Gasteiger partial charge in [-0.05, 0) is 17.7 Å². The molecule has 1 aromatic carbocycles. The highest BCUT2D eigenvalue weighted by atomic mass is 32.2. The molecule has 0 aliphatic heterocycles. The smallest absolute Gasteiger partial charge is 0.344 e. The molecule has 0 amide bonds. The summed E-state index contributed by atoms with van der Waals surface area (Å²) in [6.07, 6.45) is 4.00. The summed E-state index contributed by atoms with van der Waals surface area (Å²) >= 11 is 1.95. The third-order valence-electron chi connectivity index (χ3n) is 4.78. The van der Waals surface area contributed by atoms with Gasteiger partial charge in [0.2, 0.25) is 17.7 Å². The molecule has 1 atom stereocenters. The maximum Gasteiger partial charge on any atom is 0.344 e. The fourth-order valence-corrected chi connectivity index (χ4v) is 6.50. The van der Waals surface area contributed by atoms with E-state index in [1.807, 2.05) is 6.07 Å². The molecule has 5 aromatic rings. The molecule has 0 spiro atoms. The minimum Gasteiger partial charge on any atom is -0.494 e. The lowest BCUT2D eigenvalue weighted by atomic mass is 10.1. The van der Waals surface area contributed by atoms with Crippen molar-refractivity contribution in [1.29, 1.82) is 0 Å². The third kappa shape index (κ3) is 4.27. The molecule has 174 valence electrons. The van der Waals surface area contributed by atoms with Crippen LogP contribution in [-0.4, -0.2) is 49.9 Å². The van der Waals surface area contributed by atoms with Crippen LogP contribution in [0.2, 0.25) is 0 Å². The fourth-order valence-electron chi connectivity index (χ4n) is 3.26. The Bertz CT molecular complexity index is 1730. The number of sulfone groups is 1. The van der Waals surface area contributed by atoms with Gasteiger partial charge in [0, 0.05) is 24.2 Å². The lowest BCUT2D eigenvalue weighted by Gasteiger charge is -2.07. The molecule has 4 aromatic heterocycles. The second-order valence-corrected chi connectivity index (χ2v) is 11.5. The largest absolute Gasteiger partial charge is 0.494 e. The van der Waals surface area contributed by atoms with E-state index in [0.717, 1.165) is 34.5 Å². The Morgan fingerprint density at radius 3 is 2.68 bits per heavy atom. The highest BCUT2D eigenvalue weighted by molar-refractivity contribution is 7.91. The molecule has 0 aliphatic carbocycles. The van der Waals surface area contributed by atoms with Crippen LogP contribution in [0.1, 0.15) is 26.9 Å².